The largest absolute Gasteiger partial charge is 0.382 e. The van der Waals surface area contributed by atoms with Crippen LogP contribution >= 0.6 is 0 Å². The van der Waals surface area contributed by atoms with Gasteiger partial charge in [0.1, 0.15) is 17.5 Å². The zero-order valence-corrected chi connectivity index (χ0v) is 12.3. The fourth-order valence-corrected chi connectivity index (χ4v) is 2.53. The third-order valence-corrected chi connectivity index (χ3v) is 3.97. The Balaban J connectivity index is 1.98. The SMILES string of the molecule is Cc1cccc(-n2nc(NC(C)C3CC3)c(C#N)c2N)c1. The van der Waals surface area contributed by atoms with Crippen LogP contribution in [0.4, 0.5) is 11.6 Å². The van der Waals surface area contributed by atoms with Gasteiger partial charge in [0.25, 0.3) is 0 Å². The van der Waals surface area contributed by atoms with Gasteiger partial charge in [-0.15, -0.1) is 5.10 Å². The van der Waals surface area contributed by atoms with Crippen LogP contribution in [0.1, 0.15) is 30.9 Å². The Morgan fingerprint density at radius 1 is 1.48 bits per heavy atom. The van der Waals surface area contributed by atoms with E-state index in [9.17, 15) is 5.26 Å². The van der Waals surface area contributed by atoms with Crippen LogP contribution in [-0.4, -0.2) is 15.8 Å². The molecule has 0 aliphatic heterocycles. The number of aryl methyl sites for hydroxylation is 1. The van der Waals surface area contributed by atoms with Gasteiger partial charge in [0.15, 0.2) is 5.82 Å². The maximum absolute atomic E-state index is 9.36. The number of rotatable bonds is 4. The van der Waals surface area contributed by atoms with Crippen molar-refractivity contribution in [1.82, 2.24) is 9.78 Å². The average Bonchev–Trinajstić information content (AvgIpc) is 3.25. The Hall–Kier alpha value is -2.48. The van der Waals surface area contributed by atoms with E-state index < -0.39 is 0 Å². The van der Waals surface area contributed by atoms with Crippen LogP contribution < -0.4 is 11.1 Å². The first kappa shape index (κ1) is 13.5. The summed E-state index contributed by atoms with van der Waals surface area (Å²) in [7, 11) is 0. The molecule has 1 aromatic carbocycles. The fraction of sp³-hybridized carbons (Fsp3) is 0.375. The number of nitrogen functional groups attached to an aromatic ring is 1. The second-order valence-electron chi connectivity index (χ2n) is 5.74. The molecule has 3 N–H and O–H groups in total. The molecule has 1 fully saturated rings. The molecule has 2 aromatic rings. The molecule has 1 unspecified atom stereocenters. The lowest BCUT2D eigenvalue weighted by atomic mass is 10.2. The van der Waals surface area contributed by atoms with Gasteiger partial charge in [-0.25, -0.2) is 4.68 Å². The third-order valence-electron chi connectivity index (χ3n) is 3.97. The van der Waals surface area contributed by atoms with Crippen LogP contribution in [0.15, 0.2) is 24.3 Å². The molecule has 1 atom stereocenters. The first-order chi connectivity index (χ1) is 10.1. The first-order valence-electron chi connectivity index (χ1n) is 7.22. The molecule has 0 saturated heterocycles. The van der Waals surface area contributed by atoms with Gasteiger partial charge in [0.2, 0.25) is 0 Å². The second-order valence-corrected chi connectivity index (χ2v) is 5.74. The zero-order valence-electron chi connectivity index (χ0n) is 12.3. The minimum Gasteiger partial charge on any atom is -0.382 e. The zero-order chi connectivity index (χ0) is 15.0. The molecule has 1 heterocycles. The highest BCUT2D eigenvalue weighted by molar-refractivity contribution is 5.66. The minimum atomic E-state index is 0.317. The van der Waals surface area contributed by atoms with E-state index in [0.717, 1.165) is 11.3 Å². The van der Waals surface area contributed by atoms with Gasteiger partial charge in [-0.3, -0.25) is 0 Å². The lowest BCUT2D eigenvalue weighted by Crippen LogP contribution is -2.18. The number of hydrogen-bond acceptors (Lipinski definition) is 4. The summed E-state index contributed by atoms with van der Waals surface area (Å²) in [5.41, 5.74) is 8.52. The summed E-state index contributed by atoms with van der Waals surface area (Å²) in [6.07, 6.45) is 2.48. The molecule has 1 saturated carbocycles. The topological polar surface area (TPSA) is 79.7 Å². The Labute approximate surface area is 124 Å². The van der Waals surface area contributed by atoms with E-state index in [0.29, 0.717) is 29.2 Å². The van der Waals surface area contributed by atoms with E-state index in [1.165, 1.54) is 12.8 Å². The summed E-state index contributed by atoms with van der Waals surface area (Å²) >= 11 is 0. The summed E-state index contributed by atoms with van der Waals surface area (Å²) in [6, 6.07) is 10.4. The fourth-order valence-electron chi connectivity index (χ4n) is 2.53. The number of nitrogens with zero attached hydrogens (tertiary/aromatic N) is 3. The molecule has 1 aliphatic carbocycles. The van der Waals surface area contributed by atoms with Crippen LogP contribution in [0.25, 0.3) is 5.69 Å². The normalized spacial score (nSPS) is 15.5. The Morgan fingerprint density at radius 3 is 2.86 bits per heavy atom. The molecule has 0 bridgehead atoms. The number of aromatic nitrogens is 2. The molecule has 0 radical (unpaired) electrons. The Bertz CT molecular complexity index is 706. The first-order valence-corrected chi connectivity index (χ1v) is 7.22. The van der Waals surface area contributed by atoms with Crippen molar-refractivity contribution in [3.8, 4) is 11.8 Å². The van der Waals surface area contributed by atoms with Crippen LogP contribution in [0.5, 0.6) is 0 Å². The highest BCUT2D eigenvalue weighted by atomic mass is 15.4. The van der Waals surface area contributed by atoms with E-state index in [1.807, 2.05) is 31.2 Å². The van der Waals surface area contributed by atoms with Crippen molar-refractivity contribution in [3.05, 3.63) is 35.4 Å². The molecule has 3 rings (SSSR count). The van der Waals surface area contributed by atoms with Crippen molar-refractivity contribution in [1.29, 1.82) is 5.26 Å². The molecule has 5 nitrogen and oxygen atoms in total. The minimum absolute atomic E-state index is 0.317. The smallest absolute Gasteiger partial charge is 0.168 e. The number of hydrogen-bond donors (Lipinski definition) is 2. The van der Waals surface area contributed by atoms with Gasteiger partial charge in [-0.05, 0) is 50.3 Å². The molecule has 5 heteroatoms. The predicted molar refractivity (Wildman–Crippen MR) is 83.2 cm³/mol. The molecular formula is C16H19N5. The van der Waals surface area contributed by atoms with Crippen LogP contribution in [-0.2, 0) is 0 Å². The van der Waals surface area contributed by atoms with Crippen molar-refractivity contribution in [2.75, 3.05) is 11.1 Å². The van der Waals surface area contributed by atoms with Gasteiger partial charge in [0.05, 0.1) is 5.69 Å². The second kappa shape index (κ2) is 5.13. The Kier molecular flexibility index (Phi) is 3.30. The third kappa shape index (κ3) is 2.57. The maximum atomic E-state index is 9.36. The lowest BCUT2D eigenvalue weighted by molar-refractivity contribution is 0.687. The van der Waals surface area contributed by atoms with Gasteiger partial charge in [-0.2, -0.15) is 5.26 Å². The Morgan fingerprint density at radius 2 is 2.24 bits per heavy atom. The summed E-state index contributed by atoms with van der Waals surface area (Å²) < 4.78 is 1.63. The molecule has 1 aliphatic rings. The van der Waals surface area contributed by atoms with Crippen molar-refractivity contribution in [3.63, 3.8) is 0 Å². The lowest BCUT2D eigenvalue weighted by Gasteiger charge is -2.11. The van der Waals surface area contributed by atoms with Crippen LogP contribution in [0, 0.1) is 24.2 Å². The molecule has 0 spiro atoms. The van der Waals surface area contributed by atoms with E-state index in [-0.39, 0.29) is 0 Å². The maximum Gasteiger partial charge on any atom is 0.168 e. The number of nitrogens with one attached hydrogen (secondary N) is 1. The predicted octanol–water partition coefficient (Wildman–Crippen LogP) is 2.85. The quantitative estimate of drug-likeness (QED) is 0.903. The number of nitriles is 1. The van der Waals surface area contributed by atoms with E-state index in [4.69, 9.17) is 5.73 Å². The van der Waals surface area contributed by atoms with E-state index >= 15 is 0 Å². The number of benzene rings is 1. The van der Waals surface area contributed by atoms with Crippen molar-refractivity contribution >= 4 is 11.6 Å². The standard InChI is InChI=1S/C16H19N5/c1-10-4-3-5-13(8-10)21-15(18)14(9-17)16(20-21)19-11(2)12-6-7-12/h3-5,8,11-12H,6-7,18H2,1-2H3,(H,19,20). The van der Waals surface area contributed by atoms with E-state index in [2.05, 4.69) is 23.4 Å². The van der Waals surface area contributed by atoms with E-state index in [1.54, 1.807) is 4.68 Å². The average molecular weight is 281 g/mol. The van der Waals surface area contributed by atoms with Gasteiger partial charge in [-0.1, -0.05) is 12.1 Å². The molecule has 21 heavy (non-hydrogen) atoms. The number of nitrogens with two attached hydrogens (primary N) is 1. The molecule has 108 valence electrons. The van der Waals surface area contributed by atoms with Crippen molar-refractivity contribution in [2.45, 2.75) is 32.7 Å². The molecule has 0 amide bonds. The van der Waals surface area contributed by atoms with Gasteiger partial charge < -0.3 is 11.1 Å². The summed E-state index contributed by atoms with van der Waals surface area (Å²) in [4.78, 5) is 0. The molecular weight excluding hydrogens is 262 g/mol. The highest BCUT2D eigenvalue weighted by Gasteiger charge is 2.29. The van der Waals surface area contributed by atoms with Gasteiger partial charge in [0, 0.05) is 6.04 Å². The highest BCUT2D eigenvalue weighted by Crippen LogP contribution is 2.35. The van der Waals surface area contributed by atoms with Gasteiger partial charge >= 0.3 is 0 Å². The number of anilines is 2. The van der Waals surface area contributed by atoms with Crippen LogP contribution in [0.2, 0.25) is 0 Å². The molecule has 1 aromatic heterocycles. The monoisotopic (exact) mass is 281 g/mol. The van der Waals surface area contributed by atoms with Crippen LogP contribution in [0.3, 0.4) is 0 Å². The summed E-state index contributed by atoms with van der Waals surface area (Å²) in [5, 5.41) is 17.2. The summed E-state index contributed by atoms with van der Waals surface area (Å²) in [6.45, 7) is 4.14. The van der Waals surface area contributed by atoms with Crippen molar-refractivity contribution in [2.24, 2.45) is 5.92 Å². The summed E-state index contributed by atoms with van der Waals surface area (Å²) in [5.74, 6) is 1.64. The van der Waals surface area contributed by atoms with Crippen molar-refractivity contribution < 1.29 is 0 Å².